The van der Waals surface area contributed by atoms with E-state index in [2.05, 4.69) is 60.7 Å². The summed E-state index contributed by atoms with van der Waals surface area (Å²) in [4.78, 5) is 14.7. The molecule has 1 unspecified atom stereocenters. The van der Waals surface area contributed by atoms with Gasteiger partial charge in [-0.05, 0) is 43.8 Å². The molecule has 0 saturated carbocycles. The van der Waals surface area contributed by atoms with Crippen LogP contribution in [-0.4, -0.2) is 49.0 Å². The Labute approximate surface area is 164 Å². The molecule has 0 spiro atoms. The molecule has 1 aliphatic heterocycles. The third-order valence-corrected chi connectivity index (χ3v) is 7.71. The Morgan fingerprint density at radius 3 is 2.35 bits per heavy atom. The van der Waals surface area contributed by atoms with E-state index in [1.807, 2.05) is 41.7 Å². The van der Waals surface area contributed by atoms with E-state index in [1.54, 1.807) is 0 Å². The van der Waals surface area contributed by atoms with Crippen LogP contribution in [0.4, 0.5) is 0 Å². The van der Waals surface area contributed by atoms with Crippen LogP contribution >= 0.6 is 23.5 Å². The molecule has 0 radical (unpaired) electrons. The van der Waals surface area contributed by atoms with Gasteiger partial charge in [-0.2, -0.15) is 0 Å². The molecule has 1 fully saturated rings. The summed E-state index contributed by atoms with van der Waals surface area (Å²) in [6.45, 7) is 0.636. The highest BCUT2D eigenvalue weighted by atomic mass is 32.2. The minimum Gasteiger partial charge on any atom is -0.350 e. The van der Waals surface area contributed by atoms with Crippen LogP contribution in [0.1, 0.15) is 26.1 Å². The Morgan fingerprint density at radius 2 is 1.73 bits per heavy atom. The molecular formula is C21H26N2OS2. The average molecular weight is 387 g/mol. The Balaban J connectivity index is 1.56. The van der Waals surface area contributed by atoms with Crippen LogP contribution in [-0.2, 0) is 6.42 Å². The fourth-order valence-corrected chi connectivity index (χ4v) is 5.84. The van der Waals surface area contributed by atoms with Crippen molar-refractivity contribution < 1.29 is 4.79 Å². The highest BCUT2D eigenvalue weighted by Crippen LogP contribution is 2.45. The number of benzene rings is 2. The summed E-state index contributed by atoms with van der Waals surface area (Å²) in [5.74, 6) is 2.43. The molecule has 1 heterocycles. The normalized spacial score (nSPS) is 16.0. The summed E-state index contributed by atoms with van der Waals surface area (Å²) in [6.07, 6.45) is 0.920. The lowest BCUT2D eigenvalue weighted by Gasteiger charge is -2.25. The van der Waals surface area contributed by atoms with Gasteiger partial charge in [0.15, 0.2) is 0 Å². The molecule has 1 aliphatic rings. The maximum Gasteiger partial charge on any atom is 0.251 e. The first-order valence-electron chi connectivity index (χ1n) is 8.95. The summed E-state index contributed by atoms with van der Waals surface area (Å²) in [5.41, 5.74) is 3.33. The summed E-state index contributed by atoms with van der Waals surface area (Å²) in [5, 5.41) is 3.10. The number of rotatable bonds is 7. The van der Waals surface area contributed by atoms with Crippen molar-refractivity contribution >= 4 is 29.4 Å². The third kappa shape index (κ3) is 5.29. The van der Waals surface area contributed by atoms with Crippen LogP contribution in [0.15, 0.2) is 54.6 Å². The maximum atomic E-state index is 12.5. The van der Waals surface area contributed by atoms with Crippen LogP contribution in [0.5, 0.6) is 0 Å². The topological polar surface area (TPSA) is 32.3 Å². The lowest BCUT2D eigenvalue weighted by atomic mass is 10.0. The fourth-order valence-electron chi connectivity index (χ4n) is 2.98. The van der Waals surface area contributed by atoms with Crippen molar-refractivity contribution in [3.8, 4) is 0 Å². The molecule has 3 rings (SSSR count). The van der Waals surface area contributed by atoms with Crippen LogP contribution in [0.3, 0.4) is 0 Å². The lowest BCUT2D eigenvalue weighted by molar-refractivity contribution is 0.0941. The molecule has 1 atom stereocenters. The number of hydrogen-bond donors (Lipinski definition) is 1. The molecule has 0 bridgehead atoms. The van der Waals surface area contributed by atoms with E-state index in [0.29, 0.717) is 11.1 Å². The van der Waals surface area contributed by atoms with Crippen molar-refractivity contribution in [1.82, 2.24) is 10.2 Å². The molecule has 1 saturated heterocycles. The Morgan fingerprint density at radius 1 is 1.08 bits per heavy atom. The van der Waals surface area contributed by atoms with Crippen LogP contribution in [0.25, 0.3) is 0 Å². The number of carbonyl (C=O) groups excluding carboxylic acids is 1. The van der Waals surface area contributed by atoms with Gasteiger partial charge in [0.2, 0.25) is 0 Å². The zero-order chi connectivity index (χ0) is 18.4. The van der Waals surface area contributed by atoms with Gasteiger partial charge in [-0.25, -0.2) is 0 Å². The molecule has 1 amide bonds. The van der Waals surface area contributed by atoms with Crippen molar-refractivity contribution in [2.75, 3.05) is 32.1 Å². The van der Waals surface area contributed by atoms with Gasteiger partial charge in [-0.3, -0.25) is 4.79 Å². The van der Waals surface area contributed by atoms with Gasteiger partial charge in [0, 0.05) is 29.7 Å². The summed E-state index contributed by atoms with van der Waals surface area (Å²) < 4.78 is 0.524. The molecule has 0 aliphatic carbocycles. The fraction of sp³-hybridized carbons (Fsp3) is 0.381. The first kappa shape index (κ1) is 19.3. The van der Waals surface area contributed by atoms with E-state index < -0.39 is 0 Å². The van der Waals surface area contributed by atoms with Crippen LogP contribution < -0.4 is 5.32 Å². The van der Waals surface area contributed by atoms with Gasteiger partial charge in [-0.15, -0.1) is 23.5 Å². The Kier molecular flexibility index (Phi) is 7.06. The number of carbonyl (C=O) groups is 1. The Hall–Kier alpha value is -1.43. The number of nitrogens with one attached hydrogen (secondary N) is 1. The minimum absolute atomic E-state index is 0.00295. The second kappa shape index (κ2) is 9.49. The van der Waals surface area contributed by atoms with Gasteiger partial charge in [0.1, 0.15) is 0 Å². The number of likely N-dealkylation sites (N-methyl/N-ethyl adjacent to an activating group) is 1. The first-order valence-corrected chi connectivity index (χ1v) is 11.0. The first-order chi connectivity index (χ1) is 12.6. The van der Waals surface area contributed by atoms with Crippen LogP contribution in [0, 0.1) is 0 Å². The molecule has 2 aromatic rings. The predicted molar refractivity (Wildman–Crippen MR) is 114 cm³/mol. The van der Waals surface area contributed by atoms with E-state index in [-0.39, 0.29) is 11.9 Å². The average Bonchev–Trinajstić information content (AvgIpc) is 3.20. The SMILES string of the molecule is CN(C)C(CNC(=O)c1ccc(C2SCCS2)cc1)Cc1ccccc1. The highest BCUT2D eigenvalue weighted by molar-refractivity contribution is 8.19. The quantitative estimate of drug-likeness (QED) is 0.777. The molecule has 1 N–H and O–H groups in total. The molecule has 5 heteroatoms. The van der Waals surface area contributed by atoms with Crippen molar-refractivity contribution in [3.63, 3.8) is 0 Å². The van der Waals surface area contributed by atoms with Gasteiger partial charge in [0.25, 0.3) is 5.91 Å². The second-order valence-electron chi connectivity index (χ2n) is 6.71. The second-order valence-corrected chi connectivity index (χ2v) is 9.44. The molecule has 2 aromatic carbocycles. The molecule has 26 heavy (non-hydrogen) atoms. The van der Waals surface area contributed by atoms with Gasteiger partial charge < -0.3 is 10.2 Å². The molecule has 138 valence electrons. The van der Waals surface area contributed by atoms with Gasteiger partial charge >= 0.3 is 0 Å². The van der Waals surface area contributed by atoms with E-state index in [9.17, 15) is 4.79 Å². The summed E-state index contributed by atoms with van der Waals surface area (Å²) in [6, 6.07) is 18.8. The van der Waals surface area contributed by atoms with Crippen LogP contribution in [0.2, 0.25) is 0 Å². The molecular weight excluding hydrogens is 360 g/mol. The predicted octanol–water partition coefficient (Wildman–Crippen LogP) is 4.07. The largest absolute Gasteiger partial charge is 0.350 e. The minimum atomic E-state index is 0.00295. The van der Waals surface area contributed by atoms with Gasteiger partial charge in [0.05, 0.1) is 4.58 Å². The zero-order valence-corrected chi connectivity index (χ0v) is 17.0. The smallest absolute Gasteiger partial charge is 0.251 e. The summed E-state index contributed by atoms with van der Waals surface area (Å²) in [7, 11) is 4.12. The monoisotopic (exact) mass is 386 g/mol. The van der Waals surface area contributed by atoms with E-state index in [1.165, 1.54) is 22.6 Å². The number of thioether (sulfide) groups is 2. The zero-order valence-electron chi connectivity index (χ0n) is 15.4. The van der Waals surface area contributed by atoms with E-state index >= 15 is 0 Å². The van der Waals surface area contributed by atoms with Gasteiger partial charge in [-0.1, -0.05) is 42.5 Å². The lowest BCUT2D eigenvalue weighted by Crippen LogP contribution is -2.41. The highest BCUT2D eigenvalue weighted by Gasteiger charge is 2.19. The van der Waals surface area contributed by atoms with E-state index in [0.717, 1.165) is 12.0 Å². The van der Waals surface area contributed by atoms with Crippen molar-refractivity contribution in [1.29, 1.82) is 0 Å². The Bertz CT molecular complexity index is 698. The van der Waals surface area contributed by atoms with Crippen molar-refractivity contribution in [2.24, 2.45) is 0 Å². The number of hydrogen-bond acceptors (Lipinski definition) is 4. The summed E-state index contributed by atoms with van der Waals surface area (Å²) >= 11 is 3.97. The van der Waals surface area contributed by atoms with E-state index in [4.69, 9.17) is 0 Å². The number of nitrogens with zero attached hydrogens (tertiary/aromatic N) is 1. The van der Waals surface area contributed by atoms with Crippen molar-refractivity contribution in [3.05, 3.63) is 71.3 Å². The standard InChI is InChI=1S/C21H26N2OS2/c1-23(2)19(14-16-6-4-3-5-7-16)15-22-20(24)17-8-10-18(11-9-17)21-25-12-13-26-21/h3-11,19,21H,12-15H2,1-2H3,(H,22,24). The molecule has 0 aromatic heterocycles. The maximum absolute atomic E-state index is 12.5. The molecule has 3 nitrogen and oxygen atoms in total. The number of amides is 1. The third-order valence-electron chi connectivity index (χ3n) is 4.61. The van der Waals surface area contributed by atoms with Crippen molar-refractivity contribution in [2.45, 2.75) is 17.0 Å².